The third kappa shape index (κ3) is 3.90. The van der Waals surface area contributed by atoms with Crippen LogP contribution in [0.15, 0.2) is 18.3 Å². The molecule has 0 saturated carbocycles. The van der Waals surface area contributed by atoms with Crippen molar-refractivity contribution in [1.82, 2.24) is 9.88 Å². The number of nitrogens with one attached hydrogen (secondary N) is 1. The lowest BCUT2D eigenvalue weighted by atomic mass is 10.2. The van der Waals surface area contributed by atoms with Crippen LogP contribution < -0.4 is 11.3 Å². The highest BCUT2D eigenvalue weighted by Crippen LogP contribution is 2.10. The van der Waals surface area contributed by atoms with E-state index in [9.17, 15) is 13.6 Å². The molecule has 0 radical (unpaired) electrons. The number of alkyl halides is 2. The highest BCUT2D eigenvalue weighted by molar-refractivity contribution is 5.94. The fourth-order valence-corrected chi connectivity index (χ4v) is 1.39. The van der Waals surface area contributed by atoms with Crippen LogP contribution >= 0.6 is 0 Å². The van der Waals surface area contributed by atoms with Crippen molar-refractivity contribution in [3.8, 4) is 0 Å². The topological polar surface area (TPSA) is 91.5 Å². The lowest BCUT2D eigenvalue weighted by Gasteiger charge is -2.21. The first-order valence-electron chi connectivity index (χ1n) is 5.19. The van der Waals surface area contributed by atoms with E-state index in [1.165, 1.54) is 18.3 Å². The second-order valence-corrected chi connectivity index (χ2v) is 3.44. The third-order valence-corrected chi connectivity index (χ3v) is 2.17. The summed E-state index contributed by atoms with van der Waals surface area (Å²) in [4.78, 5) is 16.6. The molecular formula is C10H14F2N4O2. The van der Waals surface area contributed by atoms with Gasteiger partial charge in [-0.05, 0) is 12.1 Å². The normalized spacial score (nSPS) is 10.5. The van der Waals surface area contributed by atoms with Crippen molar-refractivity contribution in [3.63, 3.8) is 0 Å². The monoisotopic (exact) mass is 260 g/mol. The van der Waals surface area contributed by atoms with Crippen LogP contribution in [0.5, 0.6) is 0 Å². The summed E-state index contributed by atoms with van der Waals surface area (Å²) in [6.45, 7) is -1.27. The van der Waals surface area contributed by atoms with Gasteiger partial charge < -0.3 is 15.4 Å². The van der Waals surface area contributed by atoms with Gasteiger partial charge in [0.05, 0.1) is 13.2 Å². The van der Waals surface area contributed by atoms with E-state index < -0.39 is 18.9 Å². The van der Waals surface area contributed by atoms with E-state index in [0.717, 1.165) is 4.90 Å². The van der Waals surface area contributed by atoms with Gasteiger partial charge in [0.1, 0.15) is 5.82 Å². The van der Waals surface area contributed by atoms with Crippen LogP contribution in [0.4, 0.5) is 14.6 Å². The minimum atomic E-state index is -2.66. The molecule has 6 nitrogen and oxygen atoms in total. The summed E-state index contributed by atoms with van der Waals surface area (Å²) >= 11 is 0. The van der Waals surface area contributed by atoms with Crippen molar-refractivity contribution in [2.45, 2.75) is 6.43 Å². The third-order valence-electron chi connectivity index (χ3n) is 2.17. The molecule has 0 saturated heterocycles. The fraction of sp³-hybridized carbons (Fsp3) is 0.400. The minimum absolute atomic E-state index is 0.156. The first kappa shape index (κ1) is 14.3. The molecule has 0 fully saturated rings. The zero-order chi connectivity index (χ0) is 13.5. The zero-order valence-electron chi connectivity index (χ0n) is 9.51. The Balaban J connectivity index is 2.86. The zero-order valence-corrected chi connectivity index (χ0v) is 9.51. The van der Waals surface area contributed by atoms with Crippen LogP contribution in [0.1, 0.15) is 10.4 Å². The molecule has 1 amide bonds. The number of aliphatic hydroxyl groups excluding tert-OH is 1. The van der Waals surface area contributed by atoms with E-state index in [2.05, 4.69) is 10.4 Å². The van der Waals surface area contributed by atoms with E-state index in [1.54, 1.807) is 0 Å². The van der Waals surface area contributed by atoms with Gasteiger partial charge in [-0.1, -0.05) is 0 Å². The van der Waals surface area contributed by atoms with Gasteiger partial charge in [-0.25, -0.2) is 19.6 Å². The molecule has 0 unspecified atom stereocenters. The maximum Gasteiger partial charge on any atom is 0.255 e. The number of aromatic nitrogens is 1. The number of carbonyl (C=O) groups excluding carboxylic acids is 1. The van der Waals surface area contributed by atoms with Crippen LogP contribution in [-0.2, 0) is 0 Å². The van der Waals surface area contributed by atoms with Crippen molar-refractivity contribution in [2.75, 3.05) is 25.1 Å². The molecule has 1 heterocycles. The molecule has 0 aliphatic carbocycles. The maximum atomic E-state index is 12.3. The Morgan fingerprint density at radius 3 is 2.89 bits per heavy atom. The lowest BCUT2D eigenvalue weighted by molar-refractivity contribution is 0.0509. The molecule has 18 heavy (non-hydrogen) atoms. The van der Waals surface area contributed by atoms with Crippen molar-refractivity contribution in [3.05, 3.63) is 23.9 Å². The molecule has 4 N–H and O–H groups in total. The summed E-state index contributed by atoms with van der Waals surface area (Å²) in [6.07, 6.45) is -1.32. The van der Waals surface area contributed by atoms with E-state index in [0.29, 0.717) is 0 Å². The molecule has 0 aliphatic rings. The van der Waals surface area contributed by atoms with Crippen molar-refractivity contribution in [1.29, 1.82) is 0 Å². The SMILES string of the molecule is NNc1cc(C(=O)N(CCO)CC(F)F)ccn1. The quantitative estimate of drug-likeness (QED) is 0.497. The highest BCUT2D eigenvalue weighted by Gasteiger charge is 2.19. The highest BCUT2D eigenvalue weighted by atomic mass is 19.3. The van der Waals surface area contributed by atoms with Gasteiger partial charge >= 0.3 is 0 Å². The van der Waals surface area contributed by atoms with E-state index in [-0.39, 0.29) is 24.5 Å². The number of amides is 1. The molecule has 1 rings (SSSR count). The summed E-state index contributed by atoms with van der Waals surface area (Å²) in [5, 5.41) is 8.76. The van der Waals surface area contributed by atoms with Crippen molar-refractivity contribution in [2.24, 2.45) is 5.84 Å². The Morgan fingerprint density at radius 1 is 1.61 bits per heavy atom. The van der Waals surface area contributed by atoms with Gasteiger partial charge in [-0.15, -0.1) is 0 Å². The molecule has 8 heteroatoms. The number of nitrogen functional groups attached to an aromatic ring is 1. The summed E-state index contributed by atoms with van der Waals surface area (Å²) in [5.41, 5.74) is 2.43. The average Bonchev–Trinajstić information content (AvgIpc) is 2.37. The molecule has 1 aromatic heterocycles. The average molecular weight is 260 g/mol. The Morgan fingerprint density at radius 2 is 2.33 bits per heavy atom. The molecule has 0 aliphatic heterocycles. The van der Waals surface area contributed by atoms with Crippen molar-refractivity contribution >= 4 is 11.7 Å². The number of hydrazine groups is 1. The molecule has 0 atom stereocenters. The van der Waals surface area contributed by atoms with Crippen LogP contribution in [0.2, 0.25) is 0 Å². The summed E-state index contributed by atoms with van der Waals surface area (Å²) in [5.74, 6) is 4.78. The Labute approximate surface area is 102 Å². The number of hydrogen-bond acceptors (Lipinski definition) is 5. The van der Waals surface area contributed by atoms with Gasteiger partial charge in [0.15, 0.2) is 0 Å². The Bertz CT molecular complexity index is 403. The standard InChI is InChI=1S/C10H14F2N4O2/c11-8(12)6-16(3-4-17)10(18)7-1-2-14-9(5-7)15-13/h1-2,5,8,17H,3-4,6,13H2,(H,14,15). The summed E-state index contributed by atoms with van der Waals surface area (Å²) < 4.78 is 24.6. The van der Waals surface area contributed by atoms with E-state index in [4.69, 9.17) is 10.9 Å². The van der Waals surface area contributed by atoms with Crippen LogP contribution in [0.25, 0.3) is 0 Å². The number of rotatable bonds is 6. The van der Waals surface area contributed by atoms with E-state index in [1.807, 2.05) is 0 Å². The predicted molar refractivity (Wildman–Crippen MR) is 61.0 cm³/mol. The second kappa shape index (κ2) is 6.82. The predicted octanol–water partition coefficient (Wildman–Crippen LogP) is 0.0668. The van der Waals surface area contributed by atoms with E-state index >= 15 is 0 Å². The number of carbonyl (C=O) groups is 1. The Kier molecular flexibility index (Phi) is 5.40. The van der Waals surface area contributed by atoms with Crippen molar-refractivity contribution < 1.29 is 18.7 Å². The molecule has 0 spiro atoms. The number of pyridine rings is 1. The van der Waals surface area contributed by atoms with Gasteiger partial charge in [0.2, 0.25) is 0 Å². The molecule has 0 bridgehead atoms. The van der Waals surface area contributed by atoms with Crippen LogP contribution in [-0.4, -0.2) is 47.0 Å². The number of hydrogen-bond donors (Lipinski definition) is 3. The van der Waals surface area contributed by atoms with Crippen LogP contribution in [0, 0.1) is 0 Å². The molecule has 100 valence electrons. The molecule has 0 aromatic carbocycles. The van der Waals surface area contributed by atoms with Gasteiger partial charge in [-0.2, -0.15) is 0 Å². The smallest absolute Gasteiger partial charge is 0.255 e. The first-order valence-corrected chi connectivity index (χ1v) is 5.19. The number of nitrogens with two attached hydrogens (primary N) is 1. The van der Waals surface area contributed by atoms with Gasteiger partial charge in [0, 0.05) is 18.3 Å². The van der Waals surface area contributed by atoms with Gasteiger partial charge in [-0.3, -0.25) is 4.79 Å². The molecular weight excluding hydrogens is 246 g/mol. The Hall–Kier alpha value is -1.80. The maximum absolute atomic E-state index is 12.3. The molecule has 1 aromatic rings. The number of nitrogens with zero attached hydrogens (tertiary/aromatic N) is 2. The summed E-state index contributed by atoms with van der Waals surface area (Å²) in [7, 11) is 0. The number of halogens is 2. The van der Waals surface area contributed by atoms with Gasteiger partial charge in [0.25, 0.3) is 12.3 Å². The second-order valence-electron chi connectivity index (χ2n) is 3.44. The fourth-order valence-electron chi connectivity index (χ4n) is 1.39. The number of aliphatic hydroxyl groups is 1. The van der Waals surface area contributed by atoms with Crippen LogP contribution in [0.3, 0.4) is 0 Å². The first-order chi connectivity index (χ1) is 8.58. The number of anilines is 1. The largest absolute Gasteiger partial charge is 0.395 e. The summed E-state index contributed by atoms with van der Waals surface area (Å²) in [6, 6.07) is 2.73. The lowest BCUT2D eigenvalue weighted by Crippen LogP contribution is -2.37. The minimum Gasteiger partial charge on any atom is -0.395 e.